The van der Waals surface area contributed by atoms with Crippen LogP contribution in [0.3, 0.4) is 0 Å². The minimum absolute atomic E-state index is 0.0729. The summed E-state index contributed by atoms with van der Waals surface area (Å²) < 4.78 is 5.58. The second kappa shape index (κ2) is 5.67. The van der Waals surface area contributed by atoms with Gasteiger partial charge in [0.15, 0.2) is 0 Å². The highest BCUT2D eigenvalue weighted by Crippen LogP contribution is 2.34. The van der Waals surface area contributed by atoms with Crippen LogP contribution in [0.25, 0.3) is 0 Å². The predicted octanol–water partition coefficient (Wildman–Crippen LogP) is 3.83. The van der Waals surface area contributed by atoms with Gasteiger partial charge in [0, 0.05) is 18.1 Å². The molecule has 0 saturated carbocycles. The van der Waals surface area contributed by atoms with Crippen molar-refractivity contribution < 1.29 is 9.66 Å². The van der Waals surface area contributed by atoms with Crippen molar-refractivity contribution in [2.24, 2.45) is 0 Å². The molecule has 2 rings (SSSR count). The van der Waals surface area contributed by atoms with Crippen LogP contribution >= 0.6 is 11.6 Å². The maximum Gasteiger partial charge on any atom is 0.311 e. The molecule has 0 fully saturated rings. The van der Waals surface area contributed by atoms with Crippen LogP contribution in [0.5, 0.6) is 11.5 Å². The predicted molar refractivity (Wildman–Crippen MR) is 71.7 cm³/mol. The summed E-state index contributed by atoms with van der Waals surface area (Å²) >= 11 is 5.71. The zero-order valence-electron chi connectivity index (χ0n) is 10.2. The number of nitro benzene ring substituents is 1. The third-order valence-corrected chi connectivity index (χ3v) is 2.84. The van der Waals surface area contributed by atoms with E-state index in [2.05, 4.69) is 4.98 Å². The van der Waals surface area contributed by atoms with Gasteiger partial charge in [0.25, 0.3) is 0 Å². The molecule has 5 nitrogen and oxygen atoms in total. The first-order valence-electron chi connectivity index (χ1n) is 5.53. The topological polar surface area (TPSA) is 65.3 Å². The highest BCUT2D eigenvalue weighted by atomic mass is 35.5. The molecule has 0 saturated heterocycles. The van der Waals surface area contributed by atoms with Crippen LogP contribution in [0.1, 0.15) is 11.1 Å². The van der Waals surface area contributed by atoms with Crippen LogP contribution < -0.4 is 4.74 Å². The van der Waals surface area contributed by atoms with Crippen molar-refractivity contribution >= 4 is 17.3 Å². The molecule has 0 aliphatic carbocycles. The van der Waals surface area contributed by atoms with Gasteiger partial charge in [-0.05, 0) is 24.1 Å². The monoisotopic (exact) mass is 278 g/mol. The van der Waals surface area contributed by atoms with E-state index in [-0.39, 0.29) is 11.4 Å². The number of rotatable bonds is 4. The van der Waals surface area contributed by atoms with Gasteiger partial charge in [-0.15, -0.1) is 11.6 Å². The molecule has 0 atom stereocenters. The Bertz CT molecular complexity index is 617. The number of nitro groups is 1. The number of aromatic nitrogens is 1. The van der Waals surface area contributed by atoms with Crippen LogP contribution in [0.4, 0.5) is 5.69 Å². The number of hydrogen-bond donors (Lipinski definition) is 0. The Morgan fingerprint density at radius 2 is 2.21 bits per heavy atom. The average molecular weight is 279 g/mol. The number of pyridine rings is 1. The van der Waals surface area contributed by atoms with Gasteiger partial charge in [-0.25, -0.2) is 0 Å². The van der Waals surface area contributed by atoms with Crippen LogP contribution in [0.2, 0.25) is 0 Å². The van der Waals surface area contributed by atoms with Crippen LogP contribution in [-0.2, 0) is 5.88 Å². The quantitative estimate of drug-likeness (QED) is 0.484. The minimum Gasteiger partial charge on any atom is -0.448 e. The summed E-state index contributed by atoms with van der Waals surface area (Å²) in [7, 11) is 0. The Hall–Kier alpha value is -2.14. The van der Waals surface area contributed by atoms with E-state index in [0.717, 1.165) is 5.56 Å². The summed E-state index contributed by atoms with van der Waals surface area (Å²) in [6.07, 6.45) is 3.11. The highest BCUT2D eigenvalue weighted by Gasteiger charge is 2.17. The molecule has 19 heavy (non-hydrogen) atoms. The number of para-hydroxylation sites is 1. The summed E-state index contributed by atoms with van der Waals surface area (Å²) in [5.41, 5.74) is 1.40. The number of ether oxygens (including phenoxy) is 1. The molecule has 6 heteroatoms. The van der Waals surface area contributed by atoms with Gasteiger partial charge in [0.2, 0.25) is 5.75 Å². The number of hydrogen-bond acceptors (Lipinski definition) is 4. The summed E-state index contributed by atoms with van der Waals surface area (Å²) in [5.74, 6) is 0.955. The molecule has 98 valence electrons. The third kappa shape index (κ3) is 3.00. The standard InChI is InChI=1S/C13H11ClN2O3/c1-9-3-2-4-12(16(17)18)13(9)19-11-5-10(6-14)7-15-8-11/h2-5,7-8H,6H2,1H3. The third-order valence-electron chi connectivity index (χ3n) is 2.53. The van der Waals surface area contributed by atoms with Gasteiger partial charge in [-0.3, -0.25) is 15.1 Å². The van der Waals surface area contributed by atoms with E-state index in [1.807, 2.05) is 0 Å². The number of halogens is 1. The Morgan fingerprint density at radius 3 is 2.89 bits per heavy atom. The second-order valence-corrected chi connectivity index (χ2v) is 4.21. The van der Waals surface area contributed by atoms with E-state index in [1.165, 1.54) is 12.3 Å². The van der Waals surface area contributed by atoms with Crippen molar-refractivity contribution in [2.75, 3.05) is 0 Å². The average Bonchev–Trinajstić information content (AvgIpc) is 2.41. The normalized spacial score (nSPS) is 10.2. The van der Waals surface area contributed by atoms with Gasteiger partial charge >= 0.3 is 5.69 Å². The zero-order chi connectivity index (χ0) is 13.8. The molecular formula is C13H11ClN2O3. The molecule has 0 amide bonds. The minimum atomic E-state index is -0.471. The lowest BCUT2D eigenvalue weighted by atomic mass is 10.2. The van der Waals surface area contributed by atoms with E-state index in [4.69, 9.17) is 16.3 Å². The number of benzene rings is 1. The van der Waals surface area contributed by atoms with Crippen molar-refractivity contribution in [3.05, 3.63) is 57.9 Å². The van der Waals surface area contributed by atoms with Gasteiger partial charge in [0.1, 0.15) is 5.75 Å². The van der Waals surface area contributed by atoms with E-state index in [0.29, 0.717) is 17.2 Å². The molecule has 0 bridgehead atoms. The van der Waals surface area contributed by atoms with E-state index in [9.17, 15) is 10.1 Å². The SMILES string of the molecule is Cc1cccc([N+](=O)[O-])c1Oc1cncc(CCl)c1. The van der Waals surface area contributed by atoms with Crippen molar-refractivity contribution in [2.45, 2.75) is 12.8 Å². The first-order valence-corrected chi connectivity index (χ1v) is 6.07. The first-order chi connectivity index (χ1) is 9.11. The smallest absolute Gasteiger partial charge is 0.311 e. The lowest BCUT2D eigenvalue weighted by Crippen LogP contribution is -1.96. The Balaban J connectivity index is 2.40. The fraction of sp³-hybridized carbons (Fsp3) is 0.154. The molecule has 0 aliphatic heterocycles. The molecule has 2 aromatic rings. The van der Waals surface area contributed by atoms with Gasteiger partial charge in [-0.2, -0.15) is 0 Å². The summed E-state index contributed by atoms with van der Waals surface area (Å²) in [6.45, 7) is 1.75. The Kier molecular flexibility index (Phi) is 3.97. The number of nitrogens with zero attached hydrogens (tertiary/aromatic N) is 2. The lowest BCUT2D eigenvalue weighted by molar-refractivity contribution is -0.385. The maximum atomic E-state index is 11.0. The van der Waals surface area contributed by atoms with Crippen molar-refractivity contribution in [1.82, 2.24) is 4.98 Å². The Labute approximate surface area is 115 Å². The maximum absolute atomic E-state index is 11.0. The van der Waals surface area contributed by atoms with Crippen LogP contribution in [0, 0.1) is 17.0 Å². The zero-order valence-corrected chi connectivity index (χ0v) is 10.9. The highest BCUT2D eigenvalue weighted by molar-refractivity contribution is 6.17. The largest absolute Gasteiger partial charge is 0.448 e. The molecule has 1 aromatic carbocycles. The second-order valence-electron chi connectivity index (χ2n) is 3.94. The molecule has 0 N–H and O–H groups in total. The number of alkyl halides is 1. The molecule has 0 spiro atoms. The molecular weight excluding hydrogens is 268 g/mol. The molecule has 0 unspecified atom stereocenters. The fourth-order valence-electron chi connectivity index (χ4n) is 1.62. The number of aryl methyl sites for hydroxylation is 1. The van der Waals surface area contributed by atoms with Crippen molar-refractivity contribution in [3.8, 4) is 11.5 Å². The molecule has 0 radical (unpaired) electrons. The van der Waals surface area contributed by atoms with Gasteiger partial charge in [0.05, 0.1) is 11.1 Å². The van der Waals surface area contributed by atoms with E-state index < -0.39 is 4.92 Å². The molecule has 1 heterocycles. The summed E-state index contributed by atoms with van der Waals surface area (Å²) in [6, 6.07) is 6.48. The summed E-state index contributed by atoms with van der Waals surface area (Å²) in [4.78, 5) is 14.5. The van der Waals surface area contributed by atoms with Crippen molar-refractivity contribution in [1.29, 1.82) is 0 Å². The molecule has 1 aromatic heterocycles. The first kappa shape index (κ1) is 13.3. The van der Waals surface area contributed by atoms with Gasteiger partial charge < -0.3 is 4.74 Å². The van der Waals surface area contributed by atoms with Crippen LogP contribution in [0.15, 0.2) is 36.7 Å². The summed E-state index contributed by atoms with van der Waals surface area (Å²) in [5, 5.41) is 11.0. The molecule has 0 aliphatic rings. The van der Waals surface area contributed by atoms with E-state index in [1.54, 1.807) is 31.3 Å². The van der Waals surface area contributed by atoms with E-state index >= 15 is 0 Å². The fourth-order valence-corrected chi connectivity index (χ4v) is 1.77. The lowest BCUT2D eigenvalue weighted by Gasteiger charge is -2.09. The van der Waals surface area contributed by atoms with Crippen LogP contribution in [-0.4, -0.2) is 9.91 Å². The Morgan fingerprint density at radius 1 is 1.42 bits per heavy atom. The van der Waals surface area contributed by atoms with Crippen molar-refractivity contribution in [3.63, 3.8) is 0 Å². The van der Waals surface area contributed by atoms with Gasteiger partial charge in [-0.1, -0.05) is 12.1 Å².